The van der Waals surface area contributed by atoms with Gasteiger partial charge in [0.1, 0.15) is 4.34 Å². The van der Waals surface area contributed by atoms with Crippen LogP contribution in [-0.2, 0) is 17.7 Å². The number of hydrogen-bond donors (Lipinski definition) is 0. The quantitative estimate of drug-likeness (QED) is 0.754. The van der Waals surface area contributed by atoms with Crippen molar-refractivity contribution in [2.45, 2.75) is 13.0 Å². The highest BCUT2D eigenvalue weighted by Crippen LogP contribution is 2.32. The van der Waals surface area contributed by atoms with E-state index in [-0.39, 0.29) is 17.8 Å². The number of rotatable bonds is 6. The summed E-state index contributed by atoms with van der Waals surface area (Å²) < 4.78 is 6.89. The molecule has 0 aromatic carbocycles. The summed E-state index contributed by atoms with van der Waals surface area (Å²) in [5.41, 5.74) is 0.641. The fourth-order valence-corrected chi connectivity index (χ4v) is 3.11. The first-order valence-electron chi connectivity index (χ1n) is 6.17. The van der Waals surface area contributed by atoms with Crippen LogP contribution in [0.2, 0.25) is 9.36 Å². The Morgan fingerprint density at radius 1 is 1.38 bits per heavy atom. The molecule has 4 nitrogen and oxygen atoms in total. The summed E-state index contributed by atoms with van der Waals surface area (Å²) in [6, 6.07) is 4.67. The van der Waals surface area contributed by atoms with Crippen molar-refractivity contribution in [1.29, 1.82) is 0 Å². The molecule has 2 aromatic heterocycles. The Morgan fingerprint density at radius 3 is 2.76 bits per heavy atom. The van der Waals surface area contributed by atoms with Gasteiger partial charge in [-0.05, 0) is 11.6 Å². The molecule has 0 aliphatic rings. The zero-order chi connectivity index (χ0) is 15.4. The van der Waals surface area contributed by atoms with Crippen LogP contribution in [0.5, 0.6) is 0 Å². The predicted octanol–water partition coefficient (Wildman–Crippen LogP) is 3.29. The minimum absolute atomic E-state index is 0.0780. The summed E-state index contributed by atoms with van der Waals surface area (Å²) in [5.74, 6) is -0.0780. The smallest absolute Gasteiger partial charge is 0.250 e. The second kappa shape index (κ2) is 7.22. The number of pyridine rings is 1. The van der Waals surface area contributed by atoms with Gasteiger partial charge in [0.2, 0.25) is 0 Å². The van der Waals surface area contributed by atoms with Crippen LogP contribution in [0.25, 0.3) is 0 Å². The number of halogens is 2. The minimum Gasteiger partial charge on any atom is -0.383 e. The number of ketones is 1. The molecule has 0 aliphatic heterocycles. The maximum Gasteiger partial charge on any atom is 0.250 e. The molecule has 0 unspecified atom stereocenters. The molecule has 7 heteroatoms. The van der Waals surface area contributed by atoms with Crippen molar-refractivity contribution in [3.05, 3.63) is 54.5 Å². The molecule has 0 fully saturated rings. The first kappa shape index (κ1) is 16.2. The molecule has 0 spiro atoms. The third kappa shape index (κ3) is 4.17. The molecule has 0 bridgehead atoms. The summed E-state index contributed by atoms with van der Waals surface area (Å²) in [4.78, 5) is 24.4. The second-order valence-electron chi connectivity index (χ2n) is 4.39. The Hall–Kier alpha value is -1.14. The van der Waals surface area contributed by atoms with Crippen molar-refractivity contribution < 1.29 is 9.53 Å². The molecular weight excluding hydrogens is 333 g/mol. The summed E-state index contributed by atoms with van der Waals surface area (Å²) >= 11 is 12.9. The Morgan fingerprint density at radius 2 is 2.14 bits per heavy atom. The minimum atomic E-state index is -0.120. The molecule has 112 valence electrons. The van der Waals surface area contributed by atoms with E-state index in [9.17, 15) is 9.59 Å². The second-order valence-corrected chi connectivity index (χ2v) is 6.46. The van der Waals surface area contributed by atoms with Crippen molar-refractivity contribution in [2.24, 2.45) is 0 Å². The number of carbonyl (C=O) groups excluding carboxylic acids is 1. The number of hydrogen-bond acceptors (Lipinski definition) is 4. The average Bonchev–Trinajstić information content (AvgIpc) is 2.79. The van der Waals surface area contributed by atoms with E-state index in [4.69, 9.17) is 27.9 Å². The van der Waals surface area contributed by atoms with Gasteiger partial charge in [-0.15, -0.1) is 11.3 Å². The van der Waals surface area contributed by atoms with E-state index in [2.05, 4.69) is 0 Å². The molecule has 21 heavy (non-hydrogen) atoms. The fourth-order valence-electron chi connectivity index (χ4n) is 1.81. The molecule has 0 N–H and O–H groups in total. The molecule has 2 rings (SSSR count). The highest BCUT2D eigenvalue weighted by Gasteiger charge is 2.13. The number of methoxy groups -OCH3 is 1. The molecule has 0 aliphatic carbocycles. The maximum absolute atomic E-state index is 12.2. The third-order valence-corrected chi connectivity index (χ3v) is 4.77. The molecule has 0 atom stereocenters. The Labute approximate surface area is 135 Å². The van der Waals surface area contributed by atoms with Crippen LogP contribution in [0.1, 0.15) is 15.2 Å². The summed E-state index contributed by atoms with van der Waals surface area (Å²) in [6.45, 7) is 0.890. The maximum atomic E-state index is 12.2. The van der Waals surface area contributed by atoms with E-state index in [1.165, 1.54) is 10.6 Å². The number of carbonyl (C=O) groups is 1. The lowest BCUT2D eigenvalue weighted by Gasteiger charge is -2.07. The van der Waals surface area contributed by atoms with Gasteiger partial charge in [-0.25, -0.2) is 0 Å². The zero-order valence-corrected chi connectivity index (χ0v) is 13.6. The molecule has 0 saturated heterocycles. The van der Waals surface area contributed by atoms with E-state index in [1.807, 2.05) is 0 Å². The van der Waals surface area contributed by atoms with Crippen LogP contribution < -0.4 is 5.56 Å². The summed E-state index contributed by atoms with van der Waals surface area (Å²) in [6.07, 6.45) is 1.87. The number of Topliss-reactive ketones (excluding diaryl/α,β-unsaturated/α-hetero) is 1. The van der Waals surface area contributed by atoms with E-state index in [0.29, 0.717) is 27.4 Å². The molecule has 2 heterocycles. The first-order valence-corrected chi connectivity index (χ1v) is 7.75. The van der Waals surface area contributed by atoms with Gasteiger partial charge in [0, 0.05) is 32.3 Å². The molecular formula is C14H13Cl2NO3S. The van der Waals surface area contributed by atoms with Gasteiger partial charge in [-0.3, -0.25) is 9.59 Å². The van der Waals surface area contributed by atoms with Crippen molar-refractivity contribution in [1.82, 2.24) is 4.57 Å². The Balaban J connectivity index is 2.15. The molecule has 0 radical (unpaired) electrons. The molecule has 0 amide bonds. The fraction of sp³-hybridized carbons (Fsp3) is 0.286. The van der Waals surface area contributed by atoms with Crippen LogP contribution in [-0.4, -0.2) is 24.1 Å². The van der Waals surface area contributed by atoms with E-state index in [1.54, 1.807) is 25.4 Å². The van der Waals surface area contributed by atoms with Crippen LogP contribution in [0, 0.1) is 0 Å². The summed E-state index contributed by atoms with van der Waals surface area (Å²) in [7, 11) is 1.57. The normalized spacial score (nSPS) is 10.8. The van der Waals surface area contributed by atoms with Crippen LogP contribution in [0.15, 0.2) is 29.2 Å². The van der Waals surface area contributed by atoms with Crippen molar-refractivity contribution >= 4 is 40.3 Å². The predicted molar refractivity (Wildman–Crippen MR) is 85.0 cm³/mol. The Bertz CT molecular complexity index is 689. The lowest BCUT2D eigenvalue weighted by atomic mass is 10.1. The lowest BCUT2D eigenvalue weighted by Crippen LogP contribution is -2.21. The van der Waals surface area contributed by atoms with E-state index >= 15 is 0 Å². The number of aromatic nitrogens is 1. The van der Waals surface area contributed by atoms with Gasteiger partial charge in [0.15, 0.2) is 5.78 Å². The molecule has 2 aromatic rings. The largest absolute Gasteiger partial charge is 0.383 e. The van der Waals surface area contributed by atoms with Gasteiger partial charge in [-0.1, -0.05) is 29.3 Å². The van der Waals surface area contributed by atoms with Gasteiger partial charge in [0.05, 0.1) is 16.5 Å². The van der Waals surface area contributed by atoms with Crippen LogP contribution in [0.4, 0.5) is 0 Å². The number of nitrogens with zero attached hydrogens (tertiary/aromatic N) is 1. The zero-order valence-electron chi connectivity index (χ0n) is 11.3. The monoisotopic (exact) mass is 345 g/mol. The summed E-state index contributed by atoms with van der Waals surface area (Å²) in [5, 5.41) is 0.384. The number of thiophene rings is 1. The van der Waals surface area contributed by atoms with Gasteiger partial charge < -0.3 is 9.30 Å². The molecule has 0 saturated carbocycles. The highest BCUT2D eigenvalue weighted by molar-refractivity contribution is 7.18. The van der Waals surface area contributed by atoms with Gasteiger partial charge in [0.25, 0.3) is 5.56 Å². The third-order valence-electron chi connectivity index (χ3n) is 2.87. The highest BCUT2D eigenvalue weighted by atomic mass is 35.5. The average molecular weight is 346 g/mol. The van der Waals surface area contributed by atoms with Crippen molar-refractivity contribution in [2.75, 3.05) is 13.7 Å². The Kier molecular flexibility index (Phi) is 5.58. The number of ether oxygens (including phenoxy) is 1. The van der Waals surface area contributed by atoms with Gasteiger partial charge in [-0.2, -0.15) is 0 Å². The van der Waals surface area contributed by atoms with E-state index in [0.717, 1.165) is 16.9 Å². The van der Waals surface area contributed by atoms with Crippen molar-refractivity contribution in [3.8, 4) is 0 Å². The van der Waals surface area contributed by atoms with Gasteiger partial charge >= 0.3 is 0 Å². The topological polar surface area (TPSA) is 48.3 Å². The van der Waals surface area contributed by atoms with Crippen LogP contribution in [0.3, 0.4) is 0 Å². The van der Waals surface area contributed by atoms with E-state index < -0.39 is 0 Å². The van der Waals surface area contributed by atoms with Crippen LogP contribution >= 0.6 is 34.5 Å². The SMILES string of the molecule is COCCn1cc(CC(=O)c2cc(Cl)c(Cl)s2)ccc1=O. The first-order chi connectivity index (χ1) is 10.0. The standard InChI is InChI=1S/C14H13Cl2NO3S/c1-20-5-4-17-8-9(2-3-13(17)19)6-11(18)12-7-10(15)14(16)21-12/h2-3,7-8H,4-6H2,1H3. The lowest BCUT2D eigenvalue weighted by molar-refractivity contribution is 0.0996. The van der Waals surface area contributed by atoms with Crippen molar-refractivity contribution in [3.63, 3.8) is 0 Å².